The summed E-state index contributed by atoms with van der Waals surface area (Å²) in [5, 5.41) is 0. The van der Waals surface area contributed by atoms with E-state index in [1.54, 1.807) is 18.3 Å². The van der Waals surface area contributed by atoms with Crippen LogP contribution in [0.25, 0.3) is 0 Å². The molecule has 0 spiro atoms. The van der Waals surface area contributed by atoms with E-state index in [2.05, 4.69) is 4.98 Å². The Bertz CT molecular complexity index is 443. The second kappa shape index (κ2) is 4.48. The van der Waals surface area contributed by atoms with E-state index >= 15 is 0 Å². The molecule has 0 aliphatic carbocycles. The molecule has 96 valence electrons. The maximum Gasteiger partial charge on any atom is 0.464 e. The summed E-state index contributed by atoms with van der Waals surface area (Å²) in [4.78, 5) is 14.9. The standard InChI is InChI=1S/C13H18BNO3/c1-12(2)13(3,4)18-14(17-12)8-11-7-10(9-16)5-6-15-11/h5-7,9H,8H2,1-4H3. The molecule has 0 atom stereocenters. The minimum Gasteiger partial charge on any atom is -0.403 e. The van der Waals surface area contributed by atoms with Gasteiger partial charge in [-0.1, -0.05) is 0 Å². The molecule has 1 aliphatic rings. The molecule has 0 unspecified atom stereocenters. The second-order valence-corrected chi connectivity index (χ2v) is 5.59. The summed E-state index contributed by atoms with van der Waals surface area (Å²) in [6.07, 6.45) is 2.99. The van der Waals surface area contributed by atoms with Crippen molar-refractivity contribution in [3.05, 3.63) is 29.6 Å². The van der Waals surface area contributed by atoms with Gasteiger partial charge in [-0.3, -0.25) is 9.78 Å². The highest BCUT2D eigenvalue weighted by Gasteiger charge is 2.50. The van der Waals surface area contributed by atoms with Gasteiger partial charge in [-0.15, -0.1) is 0 Å². The Hall–Kier alpha value is -1.20. The van der Waals surface area contributed by atoms with Gasteiger partial charge in [0.2, 0.25) is 0 Å². The van der Waals surface area contributed by atoms with Crippen LogP contribution in [0.15, 0.2) is 18.3 Å². The maximum atomic E-state index is 10.7. The van der Waals surface area contributed by atoms with Crippen molar-refractivity contribution in [1.82, 2.24) is 4.98 Å². The Balaban J connectivity index is 2.10. The summed E-state index contributed by atoms with van der Waals surface area (Å²) in [5.74, 6) is 0. The quantitative estimate of drug-likeness (QED) is 0.606. The van der Waals surface area contributed by atoms with Crippen molar-refractivity contribution in [3.63, 3.8) is 0 Å². The fourth-order valence-electron chi connectivity index (χ4n) is 1.90. The summed E-state index contributed by atoms with van der Waals surface area (Å²) in [7, 11) is -0.315. The summed E-state index contributed by atoms with van der Waals surface area (Å²) < 4.78 is 11.8. The van der Waals surface area contributed by atoms with Crippen LogP contribution in [0.4, 0.5) is 0 Å². The molecule has 1 aliphatic heterocycles. The highest BCUT2D eigenvalue weighted by Crippen LogP contribution is 2.37. The highest BCUT2D eigenvalue weighted by molar-refractivity contribution is 6.44. The molecule has 5 heteroatoms. The Kier molecular flexibility index (Phi) is 3.30. The van der Waals surface area contributed by atoms with Crippen molar-refractivity contribution in [1.29, 1.82) is 0 Å². The monoisotopic (exact) mass is 247 g/mol. The van der Waals surface area contributed by atoms with Gasteiger partial charge >= 0.3 is 7.12 Å². The molecule has 1 aromatic rings. The maximum absolute atomic E-state index is 10.7. The fraction of sp³-hybridized carbons (Fsp3) is 0.538. The van der Waals surface area contributed by atoms with E-state index in [0.29, 0.717) is 11.9 Å². The number of aldehydes is 1. The molecule has 0 aromatic carbocycles. The predicted molar refractivity (Wildman–Crippen MR) is 69.4 cm³/mol. The van der Waals surface area contributed by atoms with Crippen LogP contribution in [0.2, 0.25) is 0 Å². The number of hydrogen-bond donors (Lipinski definition) is 0. The summed E-state index contributed by atoms with van der Waals surface area (Å²) in [5.41, 5.74) is 0.759. The molecule has 1 fully saturated rings. The van der Waals surface area contributed by atoms with Gasteiger partial charge in [0.25, 0.3) is 0 Å². The molecule has 0 bridgehead atoms. The molecular weight excluding hydrogens is 229 g/mol. The average Bonchev–Trinajstić information content (AvgIpc) is 2.47. The first-order chi connectivity index (χ1) is 8.34. The number of aromatic nitrogens is 1. The smallest absolute Gasteiger partial charge is 0.403 e. The molecule has 2 rings (SSSR count). The molecule has 1 aromatic heterocycles. The number of carbonyl (C=O) groups excluding carboxylic acids is 1. The number of pyridine rings is 1. The third kappa shape index (κ3) is 2.47. The Morgan fingerprint density at radius 3 is 2.44 bits per heavy atom. The Labute approximate surface area is 108 Å². The van der Waals surface area contributed by atoms with E-state index in [1.807, 2.05) is 27.7 Å². The third-order valence-corrected chi connectivity index (χ3v) is 3.65. The van der Waals surface area contributed by atoms with Crippen LogP contribution in [0.5, 0.6) is 0 Å². The molecule has 18 heavy (non-hydrogen) atoms. The van der Waals surface area contributed by atoms with Crippen LogP contribution in [0.1, 0.15) is 43.7 Å². The van der Waals surface area contributed by atoms with E-state index in [1.165, 1.54) is 0 Å². The topological polar surface area (TPSA) is 48.4 Å². The van der Waals surface area contributed by atoms with Crippen LogP contribution < -0.4 is 0 Å². The van der Waals surface area contributed by atoms with Gasteiger partial charge in [-0.25, -0.2) is 0 Å². The normalized spacial score (nSPS) is 21.0. The summed E-state index contributed by atoms with van der Waals surface area (Å²) >= 11 is 0. The zero-order valence-corrected chi connectivity index (χ0v) is 11.3. The lowest BCUT2D eigenvalue weighted by molar-refractivity contribution is 0.00578. The van der Waals surface area contributed by atoms with Crippen LogP contribution >= 0.6 is 0 Å². The SMILES string of the molecule is CC1(C)OB(Cc2cc(C=O)ccn2)OC1(C)C. The first-order valence-corrected chi connectivity index (χ1v) is 6.10. The minimum absolute atomic E-state index is 0.315. The molecule has 4 nitrogen and oxygen atoms in total. The highest BCUT2D eigenvalue weighted by atomic mass is 16.7. The molecule has 0 N–H and O–H groups in total. The lowest BCUT2D eigenvalue weighted by Crippen LogP contribution is -2.41. The fourth-order valence-corrected chi connectivity index (χ4v) is 1.90. The zero-order chi connectivity index (χ0) is 13.4. The Morgan fingerprint density at radius 1 is 1.28 bits per heavy atom. The first kappa shape index (κ1) is 13.2. The number of rotatable bonds is 3. The number of nitrogens with zero attached hydrogens (tertiary/aromatic N) is 1. The third-order valence-electron chi connectivity index (χ3n) is 3.65. The van der Waals surface area contributed by atoms with Gasteiger partial charge in [-0.2, -0.15) is 0 Å². The molecular formula is C13H18BNO3. The first-order valence-electron chi connectivity index (χ1n) is 6.10. The molecule has 1 saturated heterocycles. The second-order valence-electron chi connectivity index (χ2n) is 5.59. The van der Waals surface area contributed by atoms with Gasteiger partial charge in [-0.05, 0) is 39.8 Å². The number of carbonyl (C=O) groups is 1. The van der Waals surface area contributed by atoms with Crippen molar-refractivity contribution in [2.75, 3.05) is 0 Å². The Morgan fingerprint density at radius 2 is 1.89 bits per heavy atom. The van der Waals surface area contributed by atoms with E-state index in [4.69, 9.17) is 9.31 Å². The van der Waals surface area contributed by atoms with Gasteiger partial charge in [0, 0.05) is 23.8 Å². The van der Waals surface area contributed by atoms with E-state index < -0.39 is 0 Å². The molecule has 0 radical (unpaired) electrons. The summed E-state index contributed by atoms with van der Waals surface area (Å²) in [6, 6.07) is 3.44. The predicted octanol–water partition coefficient (Wildman–Crippen LogP) is 2.07. The largest absolute Gasteiger partial charge is 0.464 e. The minimum atomic E-state index is -0.333. The van der Waals surface area contributed by atoms with Gasteiger partial charge in [0.05, 0.1) is 11.2 Å². The van der Waals surface area contributed by atoms with Gasteiger partial charge < -0.3 is 9.31 Å². The molecule has 2 heterocycles. The van der Waals surface area contributed by atoms with Crippen LogP contribution in [-0.2, 0) is 15.6 Å². The summed E-state index contributed by atoms with van der Waals surface area (Å²) in [6.45, 7) is 8.06. The van der Waals surface area contributed by atoms with Crippen LogP contribution in [0, 0.1) is 0 Å². The van der Waals surface area contributed by atoms with Gasteiger partial charge in [0.1, 0.15) is 6.29 Å². The van der Waals surface area contributed by atoms with Crippen molar-refractivity contribution in [3.8, 4) is 0 Å². The lowest BCUT2D eigenvalue weighted by Gasteiger charge is -2.32. The average molecular weight is 247 g/mol. The van der Waals surface area contributed by atoms with E-state index in [9.17, 15) is 4.79 Å². The zero-order valence-electron chi connectivity index (χ0n) is 11.3. The van der Waals surface area contributed by atoms with Crippen molar-refractivity contribution >= 4 is 13.4 Å². The lowest BCUT2D eigenvalue weighted by atomic mass is 9.82. The van der Waals surface area contributed by atoms with E-state index in [-0.39, 0.29) is 18.3 Å². The van der Waals surface area contributed by atoms with E-state index in [0.717, 1.165) is 12.0 Å². The number of hydrogen-bond acceptors (Lipinski definition) is 4. The molecule has 0 amide bonds. The van der Waals surface area contributed by atoms with Gasteiger partial charge in [0.15, 0.2) is 0 Å². The van der Waals surface area contributed by atoms with Crippen molar-refractivity contribution < 1.29 is 14.1 Å². The van der Waals surface area contributed by atoms with Crippen LogP contribution in [0.3, 0.4) is 0 Å². The molecule has 0 saturated carbocycles. The van der Waals surface area contributed by atoms with Crippen LogP contribution in [-0.4, -0.2) is 29.6 Å². The van der Waals surface area contributed by atoms with Crippen molar-refractivity contribution in [2.45, 2.75) is 45.2 Å². The van der Waals surface area contributed by atoms with Crippen molar-refractivity contribution in [2.24, 2.45) is 0 Å².